The van der Waals surface area contributed by atoms with Crippen molar-refractivity contribution in [3.63, 3.8) is 0 Å². The molecule has 0 saturated heterocycles. The monoisotopic (exact) mass is 365 g/mol. The first kappa shape index (κ1) is 17.1. The first-order chi connectivity index (χ1) is 13.2. The van der Waals surface area contributed by atoms with Crippen LogP contribution in [0.25, 0.3) is 11.5 Å². The normalized spacial score (nSPS) is 13.1. The third-order valence-corrected chi connectivity index (χ3v) is 4.53. The van der Waals surface area contributed by atoms with E-state index in [-0.39, 0.29) is 12.5 Å². The highest BCUT2D eigenvalue weighted by Crippen LogP contribution is 2.30. The van der Waals surface area contributed by atoms with Gasteiger partial charge in [0.15, 0.2) is 6.61 Å². The van der Waals surface area contributed by atoms with Crippen molar-refractivity contribution in [3.8, 4) is 23.0 Å². The third-order valence-electron chi connectivity index (χ3n) is 4.53. The lowest BCUT2D eigenvalue weighted by molar-refractivity contribution is -0.120. The van der Waals surface area contributed by atoms with Crippen LogP contribution in [0.5, 0.6) is 11.5 Å². The molecule has 1 amide bonds. The molecule has 0 saturated carbocycles. The molecule has 0 unspecified atom stereocenters. The Morgan fingerprint density at radius 3 is 2.74 bits per heavy atom. The van der Waals surface area contributed by atoms with Crippen molar-refractivity contribution in [2.45, 2.75) is 12.8 Å². The predicted octanol–water partition coefficient (Wildman–Crippen LogP) is 3.10. The number of aromatic nitrogens is 2. The summed E-state index contributed by atoms with van der Waals surface area (Å²) in [5.41, 5.74) is 2.85. The number of nitrogens with zero attached hydrogens (tertiary/aromatic N) is 3. The molecule has 2 aromatic carbocycles. The van der Waals surface area contributed by atoms with Crippen LogP contribution in [0.15, 0.2) is 53.3 Å². The number of ether oxygens (including phenoxy) is 2. The summed E-state index contributed by atoms with van der Waals surface area (Å²) in [5.74, 6) is 1.79. The van der Waals surface area contributed by atoms with E-state index in [1.165, 1.54) is 6.39 Å². The van der Waals surface area contributed by atoms with Gasteiger partial charge in [0.2, 0.25) is 12.3 Å². The summed E-state index contributed by atoms with van der Waals surface area (Å²) in [6.45, 7) is 0.670. The quantitative estimate of drug-likeness (QED) is 0.691. The highest BCUT2D eigenvalue weighted by Gasteiger charge is 2.23. The number of carbonyl (C=O) groups excluding carboxylic acids is 1. The summed E-state index contributed by atoms with van der Waals surface area (Å²) in [7, 11) is 1.64. The first-order valence-electron chi connectivity index (χ1n) is 8.71. The summed E-state index contributed by atoms with van der Waals surface area (Å²) in [4.78, 5) is 14.5. The number of benzene rings is 2. The van der Waals surface area contributed by atoms with Gasteiger partial charge in [-0.2, -0.15) is 0 Å². The van der Waals surface area contributed by atoms with Gasteiger partial charge in [0.05, 0.1) is 7.11 Å². The standard InChI is InChI=1S/C20H19N3O4/c1-25-17-8-9-18-15(11-17)3-2-10-23(18)19(24)12-26-16-6-4-14(5-7-16)20-22-21-13-27-20/h4-9,11,13H,2-3,10,12H2,1H3. The molecular formula is C20H19N3O4. The van der Waals surface area contributed by atoms with E-state index in [1.54, 1.807) is 24.1 Å². The Balaban J connectivity index is 1.41. The minimum Gasteiger partial charge on any atom is -0.497 e. The minimum atomic E-state index is -0.0675. The summed E-state index contributed by atoms with van der Waals surface area (Å²) >= 11 is 0. The Hall–Kier alpha value is -3.35. The smallest absolute Gasteiger partial charge is 0.264 e. The molecule has 0 N–H and O–H groups in total. The summed E-state index contributed by atoms with van der Waals surface area (Å²) < 4.78 is 16.1. The number of rotatable bonds is 5. The van der Waals surface area contributed by atoms with Crippen LogP contribution >= 0.6 is 0 Å². The number of amides is 1. The molecular weight excluding hydrogens is 346 g/mol. The van der Waals surface area contributed by atoms with Gasteiger partial charge in [-0.1, -0.05) is 0 Å². The maximum Gasteiger partial charge on any atom is 0.264 e. The summed E-state index contributed by atoms with van der Waals surface area (Å²) in [6.07, 6.45) is 3.14. The molecule has 27 heavy (non-hydrogen) atoms. The number of anilines is 1. The molecule has 7 heteroatoms. The molecule has 4 rings (SSSR count). The van der Waals surface area contributed by atoms with E-state index in [4.69, 9.17) is 13.9 Å². The Labute approximate surface area is 156 Å². The predicted molar refractivity (Wildman–Crippen MR) is 98.9 cm³/mol. The summed E-state index contributed by atoms with van der Waals surface area (Å²) in [6, 6.07) is 13.0. The van der Waals surface area contributed by atoms with Crippen LogP contribution < -0.4 is 14.4 Å². The fourth-order valence-corrected chi connectivity index (χ4v) is 3.18. The average Bonchev–Trinajstić information content (AvgIpc) is 3.26. The summed E-state index contributed by atoms with van der Waals surface area (Å²) in [5, 5.41) is 7.51. The van der Waals surface area contributed by atoms with Crippen LogP contribution in [0.4, 0.5) is 5.69 Å². The highest BCUT2D eigenvalue weighted by atomic mass is 16.5. The van der Waals surface area contributed by atoms with Crippen molar-refractivity contribution < 1.29 is 18.7 Å². The van der Waals surface area contributed by atoms with Gasteiger partial charge in [-0.25, -0.2) is 0 Å². The Morgan fingerprint density at radius 2 is 2.00 bits per heavy atom. The van der Waals surface area contributed by atoms with Gasteiger partial charge < -0.3 is 18.8 Å². The van der Waals surface area contributed by atoms with Crippen LogP contribution in [-0.2, 0) is 11.2 Å². The van der Waals surface area contributed by atoms with Gasteiger partial charge in [-0.05, 0) is 60.9 Å². The highest BCUT2D eigenvalue weighted by molar-refractivity contribution is 5.95. The van der Waals surface area contributed by atoms with Crippen molar-refractivity contribution >= 4 is 11.6 Å². The van der Waals surface area contributed by atoms with E-state index < -0.39 is 0 Å². The third kappa shape index (κ3) is 3.62. The maximum absolute atomic E-state index is 12.7. The van der Waals surface area contributed by atoms with E-state index in [2.05, 4.69) is 10.2 Å². The molecule has 138 valence electrons. The van der Waals surface area contributed by atoms with Crippen molar-refractivity contribution in [2.24, 2.45) is 0 Å². The Bertz CT molecular complexity index is 923. The molecule has 0 radical (unpaired) electrons. The average molecular weight is 365 g/mol. The number of hydrogen-bond acceptors (Lipinski definition) is 6. The molecule has 0 spiro atoms. The van der Waals surface area contributed by atoms with Crippen molar-refractivity contribution in [1.29, 1.82) is 0 Å². The molecule has 1 aliphatic rings. The van der Waals surface area contributed by atoms with E-state index in [1.807, 2.05) is 30.3 Å². The van der Waals surface area contributed by atoms with E-state index >= 15 is 0 Å². The second-order valence-electron chi connectivity index (χ2n) is 6.20. The second-order valence-corrected chi connectivity index (χ2v) is 6.20. The Morgan fingerprint density at radius 1 is 1.19 bits per heavy atom. The van der Waals surface area contributed by atoms with Crippen LogP contribution in [0.2, 0.25) is 0 Å². The fourth-order valence-electron chi connectivity index (χ4n) is 3.18. The van der Waals surface area contributed by atoms with Gasteiger partial charge in [0.1, 0.15) is 11.5 Å². The molecule has 0 bridgehead atoms. The zero-order valence-corrected chi connectivity index (χ0v) is 14.9. The number of fused-ring (bicyclic) bond motifs is 1. The van der Waals surface area contributed by atoms with E-state index in [9.17, 15) is 4.79 Å². The van der Waals surface area contributed by atoms with Gasteiger partial charge >= 0.3 is 0 Å². The number of carbonyl (C=O) groups is 1. The van der Waals surface area contributed by atoms with Gasteiger partial charge in [0.25, 0.3) is 5.91 Å². The minimum absolute atomic E-state index is 0.0224. The van der Waals surface area contributed by atoms with Crippen LogP contribution in [0.1, 0.15) is 12.0 Å². The SMILES string of the molecule is COc1ccc2c(c1)CCCN2C(=O)COc1ccc(-c2nnco2)cc1. The molecule has 0 fully saturated rings. The van der Waals surface area contributed by atoms with E-state index in [0.29, 0.717) is 18.2 Å². The van der Waals surface area contributed by atoms with Crippen LogP contribution in [0, 0.1) is 0 Å². The lowest BCUT2D eigenvalue weighted by atomic mass is 10.0. The number of methoxy groups -OCH3 is 1. The molecule has 2 heterocycles. The molecule has 0 aliphatic carbocycles. The fraction of sp³-hybridized carbons (Fsp3) is 0.250. The topological polar surface area (TPSA) is 77.7 Å². The molecule has 1 aliphatic heterocycles. The first-order valence-corrected chi connectivity index (χ1v) is 8.71. The zero-order valence-electron chi connectivity index (χ0n) is 14.9. The lowest BCUT2D eigenvalue weighted by Crippen LogP contribution is -2.38. The van der Waals surface area contributed by atoms with Crippen LogP contribution in [-0.4, -0.2) is 36.4 Å². The van der Waals surface area contributed by atoms with Gasteiger partial charge in [0, 0.05) is 17.8 Å². The zero-order chi connectivity index (χ0) is 18.6. The van der Waals surface area contributed by atoms with E-state index in [0.717, 1.165) is 35.4 Å². The van der Waals surface area contributed by atoms with Crippen molar-refractivity contribution in [2.75, 3.05) is 25.2 Å². The molecule has 1 aromatic heterocycles. The Kier molecular flexibility index (Phi) is 4.74. The van der Waals surface area contributed by atoms with Gasteiger partial charge in [-0.15, -0.1) is 10.2 Å². The lowest BCUT2D eigenvalue weighted by Gasteiger charge is -2.29. The molecule has 3 aromatic rings. The van der Waals surface area contributed by atoms with Crippen molar-refractivity contribution in [3.05, 3.63) is 54.4 Å². The van der Waals surface area contributed by atoms with Gasteiger partial charge in [-0.3, -0.25) is 4.79 Å². The molecule has 0 atom stereocenters. The molecule has 7 nitrogen and oxygen atoms in total. The maximum atomic E-state index is 12.7. The second kappa shape index (κ2) is 7.49. The number of aryl methyl sites for hydroxylation is 1. The largest absolute Gasteiger partial charge is 0.497 e. The van der Waals surface area contributed by atoms with Crippen molar-refractivity contribution in [1.82, 2.24) is 10.2 Å². The number of hydrogen-bond donors (Lipinski definition) is 0. The van der Waals surface area contributed by atoms with Crippen LogP contribution in [0.3, 0.4) is 0 Å².